The Kier molecular flexibility index (Phi) is 4.72. The summed E-state index contributed by atoms with van der Waals surface area (Å²) in [7, 11) is 1.58. The Bertz CT molecular complexity index is 514. The van der Waals surface area contributed by atoms with E-state index in [2.05, 4.69) is 10.3 Å². The summed E-state index contributed by atoms with van der Waals surface area (Å²) >= 11 is 1.32. The fraction of sp³-hybridized carbons (Fsp3) is 0.615. The number of carbonyl (C=O) groups excluding carboxylic acids is 1. The molecule has 1 heterocycles. The average Bonchev–Trinajstić information content (AvgIpc) is 2.97. The van der Waals surface area contributed by atoms with E-state index in [4.69, 9.17) is 9.84 Å². The van der Waals surface area contributed by atoms with Gasteiger partial charge in [0.05, 0.1) is 18.2 Å². The third-order valence-corrected chi connectivity index (χ3v) is 4.56. The van der Waals surface area contributed by atoms with Crippen LogP contribution in [0.2, 0.25) is 0 Å². The number of amides is 1. The first-order valence-corrected chi connectivity index (χ1v) is 7.31. The summed E-state index contributed by atoms with van der Waals surface area (Å²) < 4.78 is 5.00. The van der Waals surface area contributed by atoms with E-state index in [1.54, 1.807) is 14.0 Å². The van der Waals surface area contributed by atoms with Gasteiger partial charge in [-0.05, 0) is 26.2 Å². The molecule has 1 aromatic heterocycles. The number of rotatable bonds is 5. The largest absolute Gasteiger partial charge is 0.481 e. The monoisotopic (exact) mass is 298 g/mol. The van der Waals surface area contributed by atoms with E-state index in [0.717, 1.165) is 5.01 Å². The highest BCUT2D eigenvalue weighted by molar-refractivity contribution is 7.13. The van der Waals surface area contributed by atoms with Crippen molar-refractivity contribution in [3.05, 3.63) is 15.6 Å². The van der Waals surface area contributed by atoms with Crippen molar-refractivity contribution in [1.82, 2.24) is 10.3 Å². The number of methoxy groups -OCH3 is 1. The third kappa shape index (κ3) is 3.34. The lowest BCUT2D eigenvalue weighted by Gasteiger charge is -2.11. The Morgan fingerprint density at radius 3 is 2.85 bits per heavy atom. The summed E-state index contributed by atoms with van der Waals surface area (Å²) in [4.78, 5) is 27.9. The molecule has 20 heavy (non-hydrogen) atoms. The van der Waals surface area contributed by atoms with Crippen LogP contribution in [0.3, 0.4) is 0 Å². The van der Waals surface area contributed by atoms with E-state index >= 15 is 0 Å². The number of nitrogens with one attached hydrogen (secondary N) is 1. The highest BCUT2D eigenvalue weighted by Gasteiger charge is 2.31. The smallest absolute Gasteiger partial charge is 0.306 e. The van der Waals surface area contributed by atoms with E-state index in [-0.39, 0.29) is 17.9 Å². The summed E-state index contributed by atoms with van der Waals surface area (Å²) in [6.45, 7) is 2.18. The fourth-order valence-corrected chi connectivity index (χ4v) is 3.38. The topological polar surface area (TPSA) is 88.5 Å². The molecule has 7 heteroatoms. The summed E-state index contributed by atoms with van der Waals surface area (Å²) in [5.41, 5.74) is 0.687. The van der Waals surface area contributed by atoms with Gasteiger partial charge in [-0.15, -0.1) is 11.3 Å². The van der Waals surface area contributed by atoms with Gasteiger partial charge < -0.3 is 15.2 Å². The lowest BCUT2D eigenvalue weighted by molar-refractivity contribution is -0.141. The van der Waals surface area contributed by atoms with Gasteiger partial charge in [0.15, 0.2) is 0 Å². The zero-order valence-corrected chi connectivity index (χ0v) is 12.3. The van der Waals surface area contributed by atoms with Crippen LogP contribution in [0, 0.1) is 12.8 Å². The maximum atomic E-state index is 12.2. The molecule has 2 rings (SSSR count). The Morgan fingerprint density at radius 2 is 2.25 bits per heavy atom. The molecule has 2 atom stereocenters. The summed E-state index contributed by atoms with van der Waals surface area (Å²) in [6.07, 6.45) is 1.84. The Hall–Kier alpha value is -1.47. The normalized spacial score (nSPS) is 21.9. The minimum absolute atomic E-state index is 0.0593. The van der Waals surface area contributed by atoms with Crippen LogP contribution in [0.15, 0.2) is 0 Å². The van der Waals surface area contributed by atoms with Gasteiger partial charge in [0.1, 0.15) is 9.88 Å². The molecule has 0 bridgehead atoms. The van der Waals surface area contributed by atoms with Crippen molar-refractivity contribution in [2.75, 3.05) is 7.11 Å². The molecule has 0 aliphatic heterocycles. The molecule has 1 saturated carbocycles. The average molecular weight is 298 g/mol. The predicted molar refractivity (Wildman–Crippen MR) is 73.8 cm³/mol. The maximum absolute atomic E-state index is 12.2. The van der Waals surface area contributed by atoms with Crippen molar-refractivity contribution in [3.8, 4) is 0 Å². The van der Waals surface area contributed by atoms with Crippen LogP contribution < -0.4 is 5.32 Å². The van der Waals surface area contributed by atoms with Crippen LogP contribution in [0.1, 0.15) is 39.6 Å². The molecule has 2 N–H and O–H groups in total. The molecule has 1 aliphatic rings. The van der Waals surface area contributed by atoms with Crippen LogP contribution >= 0.6 is 11.3 Å². The molecule has 1 aliphatic carbocycles. The van der Waals surface area contributed by atoms with Crippen molar-refractivity contribution < 1.29 is 19.4 Å². The number of carbonyl (C=O) groups is 2. The Balaban J connectivity index is 1.97. The number of hydrogen-bond donors (Lipinski definition) is 2. The number of carboxylic acid groups (broad SMARTS) is 1. The first-order valence-electron chi connectivity index (χ1n) is 6.50. The van der Waals surface area contributed by atoms with Crippen molar-refractivity contribution in [1.29, 1.82) is 0 Å². The quantitative estimate of drug-likeness (QED) is 0.861. The maximum Gasteiger partial charge on any atom is 0.306 e. The molecule has 0 saturated heterocycles. The van der Waals surface area contributed by atoms with E-state index < -0.39 is 5.97 Å². The number of aliphatic carboxylic acids is 1. The second kappa shape index (κ2) is 6.32. The fourth-order valence-electron chi connectivity index (χ4n) is 2.44. The molecule has 0 unspecified atom stereocenters. The SMILES string of the molecule is COCc1nc(C)c(C(=O)N[C@@H]2CC[C@H](C(=O)O)C2)s1. The molecule has 0 spiro atoms. The van der Waals surface area contributed by atoms with Crippen molar-refractivity contribution in [2.45, 2.75) is 38.8 Å². The van der Waals surface area contributed by atoms with Gasteiger partial charge in [0, 0.05) is 13.2 Å². The van der Waals surface area contributed by atoms with Crippen molar-refractivity contribution >= 4 is 23.2 Å². The zero-order valence-electron chi connectivity index (χ0n) is 11.5. The summed E-state index contributed by atoms with van der Waals surface area (Å²) in [6, 6.07) is -0.0593. The van der Waals surface area contributed by atoms with Crippen LogP contribution in [-0.2, 0) is 16.1 Å². The molecule has 0 radical (unpaired) electrons. The second-order valence-electron chi connectivity index (χ2n) is 4.97. The van der Waals surface area contributed by atoms with Gasteiger partial charge in [-0.3, -0.25) is 9.59 Å². The minimum atomic E-state index is -0.780. The molecule has 1 aromatic rings. The Labute approximate surface area is 121 Å². The van der Waals surface area contributed by atoms with Gasteiger partial charge in [-0.1, -0.05) is 0 Å². The van der Waals surface area contributed by atoms with E-state index in [9.17, 15) is 9.59 Å². The number of hydrogen-bond acceptors (Lipinski definition) is 5. The Morgan fingerprint density at radius 1 is 1.50 bits per heavy atom. The molecule has 6 nitrogen and oxygen atoms in total. The predicted octanol–water partition coefficient (Wildman–Crippen LogP) is 1.58. The van der Waals surface area contributed by atoms with Crippen LogP contribution in [0.25, 0.3) is 0 Å². The van der Waals surface area contributed by atoms with Gasteiger partial charge in [0.2, 0.25) is 0 Å². The first kappa shape index (κ1) is 14.9. The molecule has 1 amide bonds. The second-order valence-corrected chi connectivity index (χ2v) is 6.06. The van der Waals surface area contributed by atoms with E-state index in [1.807, 2.05) is 0 Å². The standard InChI is InChI=1S/C13H18N2O4S/c1-7-11(20-10(14-7)6-19-2)12(16)15-9-4-3-8(5-9)13(17)18/h8-9H,3-6H2,1-2H3,(H,15,16)(H,17,18)/t8-,9+/m0/s1. The van der Waals surface area contributed by atoms with Crippen LogP contribution in [0.5, 0.6) is 0 Å². The van der Waals surface area contributed by atoms with Crippen LogP contribution in [-0.4, -0.2) is 35.1 Å². The van der Waals surface area contributed by atoms with E-state index in [1.165, 1.54) is 11.3 Å². The van der Waals surface area contributed by atoms with Crippen molar-refractivity contribution in [2.24, 2.45) is 5.92 Å². The minimum Gasteiger partial charge on any atom is -0.481 e. The highest BCUT2D eigenvalue weighted by atomic mass is 32.1. The highest BCUT2D eigenvalue weighted by Crippen LogP contribution is 2.26. The van der Waals surface area contributed by atoms with Crippen molar-refractivity contribution in [3.63, 3.8) is 0 Å². The lowest BCUT2D eigenvalue weighted by Crippen LogP contribution is -2.33. The third-order valence-electron chi connectivity index (χ3n) is 3.43. The molecular weight excluding hydrogens is 280 g/mol. The number of carboxylic acids is 1. The van der Waals surface area contributed by atoms with Crippen LogP contribution in [0.4, 0.5) is 0 Å². The molecular formula is C13H18N2O4S. The number of thiazole rings is 1. The number of nitrogens with zero attached hydrogens (tertiary/aromatic N) is 1. The van der Waals surface area contributed by atoms with Gasteiger partial charge in [-0.2, -0.15) is 0 Å². The molecule has 0 aromatic carbocycles. The zero-order chi connectivity index (χ0) is 14.7. The van der Waals surface area contributed by atoms with E-state index in [0.29, 0.717) is 36.4 Å². The first-order chi connectivity index (χ1) is 9.51. The molecule has 110 valence electrons. The van der Waals surface area contributed by atoms with Gasteiger partial charge in [-0.25, -0.2) is 4.98 Å². The number of aromatic nitrogens is 1. The lowest BCUT2D eigenvalue weighted by atomic mass is 10.1. The number of ether oxygens (including phenoxy) is 1. The molecule has 1 fully saturated rings. The number of aryl methyl sites for hydroxylation is 1. The van der Waals surface area contributed by atoms with Gasteiger partial charge in [0.25, 0.3) is 5.91 Å². The summed E-state index contributed by atoms with van der Waals surface area (Å²) in [5.74, 6) is -1.29. The summed E-state index contributed by atoms with van der Waals surface area (Å²) in [5, 5.41) is 12.6. The van der Waals surface area contributed by atoms with Gasteiger partial charge >= 0.3 is 5.97 Å².